The maximum Gasteiger partial charge on any atom is 0.312 e. The minimum atomic E-state index is -2.17. The lowest BCUT2D eigenvalue weighted by molar-refractivity contribution is -0.196. The van der Waals surface area contributed by atoms with Crippen LogP contribution in [0.4, 0.5) is 0 Å². The van der Waals surface area contributed by atoms with E-state index in [4.69, 9.17) is 13.9 Å². The molecule has 3 fully saturated rings. The second-order valence-electron chi connectivity index (χ2n) is 15.0. The Bertz CT molecular complexity index is 769. The Kier molecular flexibility index (Phi) is 12.6. The molecule has 7 atom stereocenters. The lowest BCUT2D eigenvalue weighted by Gasteiger charge is -2.47. The van der Waals surface area contributed by atoms with Gasteiger partial charge in [-0.3, -0.25) is 4.79 Å². The maximum atomic E-state index is 13.0. The van der Waals surface area contributed by atoms with Crippen LogP contribution in [0.1, 0.15) is 131 Å². The number of carbonyl (C=O) groups is 1. The van der Waals surface area contributed by atoms with Crippen LogP contribution in [0.5, 0.6) is 0 Å². The molecule has 0 aromatic rings. The van der Waals surface area contributed by atoms with Gasteiger partial charge < -0.3 is 24.1 Å². The van der Waals surface area contributed by atoms with Crippen LogP contribution >= 0.6 is 0 Å². The van der Waals surface area contributed by atoms with Gasteiger partial charge in [-0.05, 0) is 94.2 Å². The molecular formula is C33H62O6Si. The highest BCUT2D eigenvalue weighted by Gasteiger charge is 2.52. The van der Waals surface area contributed by atoms with Gasteiger partial charge in [0.1, 0.15) is 0 Å². The monoisotopic (exact) mass is 582 g/mol. The molecule has 4 unspecified atom stereocenters. The molecule has 0 spiro atoms. The highest BCUT2D eigenvalue weighted by molar-refractivity contribution is 6.74. The summed E-state index contributed by atoms with van der Waals surface area (Å²) in [5.74, 6) is 0.0649. The number of hydrogen-bond donors (Lipinski definition) is 2. The van der Waals surface area contributed by atoms with Crippen LogP contribution < -0.4 is 0 Å². The maximum absolute atomic E-state index is 13.0. The molecule has 0 aromatic carbocycles. The summed E-state index contributed by atoms with van der Waals surface area (Å²) >= 11 is 0. The first kappa shape index (κ1) is 34.0. The van der Waals surface area contributed by atoms with Crippen LogP contribution in [0.3, 0.4) is 0 Å². The molecule has 1 aliphatic heterocycles. The normalized spacial score (nSPS) is 31.1. The van der Waals surface area contributed by atoms with Crippen LogP contribution in [0.2, 0.25) is 18.1 Å². The van der Waals surface area contributed by atoms with E-state index in [1.807, 2.05) is 6.92 Å². The zero-order chi connectivity index (χ0) is 29.6. The van der Waals surface area contributed by atoms with Crippen molar-refractivity contribution >= 4 is 14.3 Å². The Morgan fingerprint density at radius 3 is 2.23 bits per heavy atom. The molecule has 40 heavy (non-hydrogen) atoms. The highest BCUT2D eigenvalue weighted by Crippen LogP contribution is 2.48. The number of hydrogen-bond acceptors (Lipinski definition) is 5. The standard InChI is InChI=1S/C33H62O6Si/c1-8-16-26-25(27(34)23-28(26)38-30-21-14-15-22-37-30)19-12-13-20-29(39-40(6,7)32(2,3)4)33(5,31(35)36)24-17-10-9-11-18-24/h24-30,34H,8-23H2,1-7H3,(H,35,36)/t25-,26-,27+,28?,29?,30?,33?/m1/s1. The molecule has 0 radical (unpaired) electrons. The van der Waals surface area contributed by atoms with Crippen molar-refractivity contribution in [3.05, 3.63) is 0 Å². The van der Waals surface area contributed by atoms with Gasteiger partial charge in [-0.1, -0.05) is 66.2 Å². The first-order valence-corrected chi connectivity index (χ1v) is 19.6. The van der Waals surface area contributed by atoms with E-state index in [1.54, 1.807) is 0 Å². The van der Waals surface area contributed by atoms with E-state index in [2.05, 4.69) is 40.8 Å². The second kappa shape index (κ2) is 14.8. The molecule has 1 saturated heterocycles. The van der Waals surface area contributed by atoms with Crippen molar-refractivity contribution in [2.45, 2.75) is 174 Å². The smallest absolute Gasteiger partial charge is 0.312 e. The number of carboxylic acid groups (broad SMARTS) is 1. The minimum Gasteiger partial charge on any atom is -0.481 e. The summed E-state index contributed by atoms with van der Waals surface area (Å²) in [5.41, 5.74) is -0.869. The molecule has 2 aliphatic carbocycles. The molecule has 1 heterocycles. The van der Waals surface area contributed by atoms with Crippen molar-refractivity contribution in [2.75, 3.05) is 6.61 Å². The zero-order valence-corrected chi connectivity index (χ0v) is 27.9. The van der Waals surface area contributed by atoms with Gasteiger partial charge in [0, 0.05) is 13.0 Å². The summed E-state index contributed by atoms with van der Waals surface area (Å²) in [4.78, 5) is 13.0. The zero-order valence-electron chi connectivity index (χ0n) is 26.9. The highest BCUT2D eigenvalue weighted by atomic mass is 28.4. The minimum absolute atomic E-state index is 0.0234. The van der Waals surface area contributed by atoms with Gasteiger partial charge in [0.25, 0.3) is 0 Å². The van der Waals surface area contributed by atoms with Crippen molar-refractivity contribution in [3.63, 3.8) is 0 Å². The van der Waals surface area contributed by atoms with Gasteiger partial charge in [-0.25, -0.2) is 0 Å². The number of aliphatic hydroxyl groups is 1. The molecule has 0 amide bonds. The van der Waals surface area contributed by atoms with Crippen molar-refractivity contribution in [1.82, 2.24) is 0 Å². The molecule has 0 bridgehead atoms. The first-order chi connectivity index (χ1) is 18.8. The van der Waals surface area contributed by atoms with Gasteiger partial charge >= 0.3 is 5.97 Å². The van der Waals surface area contributed by atoms with E-state index in [0.29, 0.717) is 12.3 Å². The molecule has 0 aromatic heterocycles. The van der Waals surface area contributed by atoms with Crippen molar-refractivity contribution in [1.29, 1.82) is 0 Å². The number of aliphatic hydroxyl groups excluding tert-OH is 1. The largest absolute Gasteiger partial charge is 0.481 e. The Morgan fingerprint density at radius 2 is 1.65 bits per heavy atom. The van der Waals surface area contributed by atoms with Crippen molar-refractivity contribution in [3.8, 4) is 0 Å². The average molecular weight is 583 g/mol. The number of rotatable bonds is 14. The summed E-state index contributed by atoms with van der Waals surface area (Å²) < 4.78 is 19.3. The predicted octanol–water partition coefficient (Wildman–Crippen LogP) is 8.32. The summed E-state index contributed by atoms with van der Waals surface area (Å²) in [6.45, 7) is 16.2. The SMILES string of the molecule is CCC[C@H]1C(OC2CCCCO2)C[C@H](O)[C@@H]1CCCCC(O[Si](C)(C)C(C)(C)C)C(C)(C(=O)O)C1CCCCC1. The molecule has 3 rings (SSSR count). The fourth-order valence-corrected chi connectivity index (χ4v) is 8.89. The Morgan fingerprint density at radius 1 is 0.975 bits per heavy atom. The molecule has 2 N–H and O–H groups in total. The van der Waals surface area contributed by atoms with Gasteiger partial charge in [-0.2, -0.15) is 0 Å². The topological polar surface area (TPSA) is 85.2 Å². The van der Waals surface area contributed by atoms with E-state index < -0.39 is 19.7 Å². The van der Waals surface area contributed by atoms with E-state index in [0.717, 1.165) is 90.1 Å². The number of carboxylic acids is 1. The number of unbranched alkanes of at least 4 members (excludes halogenated alkanes) is 1. The third-order valence-electron chi connectivity index (χ3n) is 11.2. The number of aliphatic carboxylic acids is 1. The lowest BCUT2D eigenvalue weighted by atomic mass is 9.66. The van der Waals surface area contributed by atoms with Gasteiger partial charge in [0.2, 0.25) is 0 Å². The fraction of sp³-hybridized carbons (Fsp3) is 0.970. The van der Waals surface area contributed by atoms with Gasteiger partial charge in [0.05, 0.1) is 23.7 Å². The third-order valence-corrected chi connectivity index (χ3v) is 15.6. The van der Waals surface area contributed by atoms with E-state index in [9.17, 15) is 15.0 Å². The molecule has 2 saturated carbocycles. The summed E-state index contributed by atoms with van der Waals surface area (Å²) in [7, 11) is -2.17. The van der Waals surface area contributed by atoms with Crippen molar-refractivity contribution in [2.24, 2.45) is 23.2 Å². The van der Waals surface area contributed by atoms with Crippen LogP contribution in [-0.4, -0.2) is 55.7 Å². The quantitative estimate of drug-likeness (QED) is 0.158. The van der Waals surface area contributed by atoms with Crippen LogP contribution in [0, 0.1) is 23.2 Å². The van der Waals surface area contributed by atoms with Gasteiger partial charge in [0.15, 0.2) is 14.6 Å². The first-order valence-electron chi connectivity index (χ1n) is 16.7. The Balaban J connectivity index is 1.68. The predicted molar refractivity (Wildman–Crippen MR) is 164 cm³/mol. The Labute approximate surface area is 246 Å². The lowest BCUT2D eigenvalue weighted by Crippen LogP contribution is -2.54. The Hall–Kier alpha value is -0.473. The average Bonchev–Trinajstić information content (AvgIpc) is 3.19. The molecule has 7 heteroatoms. The number of ether oxygens (including phenoxy) is 2. The van der Waals surface area contributed by atoms with Crippen LogP contribution in [0.25, 0.3) is 0 Å². The molecule has 234 valence electrons. The summed E-state index contributed by atoms with van der Waals surface area (Å²) in [6, 6.07) is 0. The summed E-state index contributed by atoms with van der Waals surface area (Å²) in [5, 5.41) is 21.8. The van der Waals surface area contributed by atoms with Crippen molar-refractivity contribution < 1.29 is 28.9 Å². The molecular weight excluding hydrogens is 520 g/mol. The molecule has 3 aliphatic rings. The van der Waals surface area contributed by atoms with Crippen LogP contribution in [0.15, 0.2) is 0 Å². The van der Waals surface area contributed by atoms with E-state index >= 15 is 0 Å². The van der Waals surface area contributed by atoms with E-state index in [1.165, 1.54) is 6.42 Å². The fourth-order valence-electron chi connectivity index (χ4n) is 7.46. The summed E-state index contributed by atoms with van der Waals surface area (Å²) in [6.07, 6.45) is 14.4. The van der Waals surface area contributed by atoms with E-state index in [-0.39, 0.29) is 41.5 Å². The second-order valence-corrected chi connectivity index (χ2v) is 19.7. The van der Waals surface area contributed by atoms with Gasteiger partial charge in [-0.15, -0.1) is 0 Å². The third kappa shape index (κ3) is 8.33. The molecule has 6 nitrogen and oxygen atoms in total. The van der Waals surface area contributed by atoms with Crippen LogP contribution in [-0.2, 0) is 18.7 Å².